The van der Waals surface area contributed by atoms with E-state index in [9.17, 15) is 0 Å². The molecule has 0 aliphatic rings. The van der Waals surface area contributed by atoms with Crippen molar-refractivity contribution in [3.63, 3.8) is 0 Å². The Hall–Kier alpha value is -2.88. The van der Waals surface area contributed by atoms with E-state index >= 15 is 0 Å². The SMILES string of the molecule is Ic1cc(-n2cccn2)nc(-n2cccn2)c1.Ic1cc(-n2cccn2)nc(-n2cccn2)c1.[Fe]. The van der Waals surface area contributed by atoms with E-state index in [0.717, 1.165) is 30.4 Å². The molecular weight excluding hydrogens is 714 g/mol. The fourth-order valence-corrected chi connectivity index (χ4v) is 4.14. The van der Waals surface area contributed by atoms with Crippen molar-refractivity contribution in [3.8, 4) is 23.3 Å². The van der Waals surface area contributed by atoms with Gasteiger partial charge in [-0.25, -0.2) is 28.7 Å². The van der Waals surface area contributed by atoms with Gasteiger partial charge in [0.2, 0.25) is 0 Å². The molecule has 0 aliphatic heterocycles. The van der Waals surface area contributed by atoms with Crippen molar-refractivity contribution in [3.05, 3.63) is 105 Å². The molecule has 10 nitrogen and oxygen atoms in total. The van der Waals surface area contributed by atoms with E-state index in [4.69, 9.17) is 0 Å². The minimum atomic E-state index is 0. The number of aromatic nitrogens is 10. The molecule has 0 saturated heterocycles. The fraction of sp³-hybridized carbons (Fsp3) is 0. The van der Waals surface area contributed by atoms with Gasteiger partial charge in [-0.1, -0.05) is 0 Å². The number of pyridine rings is 2. The maximum absolute atomic E-state index is 4.51. The van der Waals surface area contributed by atoms with Gasteiger partial charge in [-0.05, 0) is 93.7 Å². The van der Waals surface area contributed by atoms with Gasteiger partial charge in [0.05, 0.1) is 0 Å². The number of hydrogen-bond acceptors (Lipinski definition) is 6. The molecule has 0 aromatic carbocycles. The summed E-state index contributed by atoms with van der Waals surface area (Å²) in [5.74, 6) is 3.14. The van der Waals surface area contributed by atoms with Gasteiger partial charge in [0.1, 0.15) is 0 Å². The average Bonchev–Trinajstić information content (AvgIpc) is 3.68. The predicted octanol–water partition coefficient (Wildman–Crippen LogP) is 4.11. The summed E-state index contributed by atoms with van der Waals surface area (Å²) in [6.07, 6.45) is 14.4. The quantitative estimate of drug-likeness (QED) is 0.200. The number of nitrogens with zero attached hydrogens (tertiary/aromatic N) is 10. The summed E-state index contributed by atoms with van der Waals surface area (Å²) >= 11 is 4.52. The Kier molecular flexibility index (Phi) is 8.43. The smallest absolute Gasteiger partial charge is 0.156 e. The zero-order valence-corrected chi connectivity index (χ0v) is 23.2. The minimum absolute atomic E-state index is 0. The summed E-state index contributed by atoms with van der Waals surface area (Å²) in [6.45, 7) is 0. The molecule has 6 aromatic heterocycles. The topological polar surface area (TPSA) is 97.1 Å². The Morgan fingerprint density at radius 3 is 0.914 bits per heavy atom. The van der Waals surface area contributed by atoms with E-state index in [0.29, 0.717) is 0 Å². The summed E-state index contributed by atoms with van der Waals surface area (Å²) in [6, 6.07) is 15.4. The van der Waals surface area contributed by atoms with Crippen LogP contribution in [0.1, 0.15) is 0 Å². The van der Waals surface area contributed by atoms with Gasteiger partial charge >= 0.3 is 0 Å². The monoisotopic (exact) mass is 730 g/mol. The van der Waals surface area contributed by atoms with Crippen LogP contribution in [-0.2, 0) is 17.1 Å². The van der Waals surface area contributed by atoms with E-state index in [1.54, 1.807) is 43.5 Å². The largest absolute Gasteiger partial charge is 0.223 e. The number of halogens is 2. The summed E-state index contributed by atoms with van der Waals surface area (Å²) in [5, 5.41) is 16.7. The van der Waals surface area contributed by atoms with Gasteiger partial charge < -0.3 is 0 Å². The molecule has 0 fully saturated rings. The van der Waals surface area contributed by atoms with Gasteiger partial charge in [-0.15, -0.1) is 0 Å². The second kappa shape index (κ2) is 11.7. The molecule has 0 aliphatic carbocycles. The zero-order chi connectivity index (χ0) is 23.3. The third-order valence-corrected chi connectivity index (χ3v) is 5.73. The predicted molar refractivity (Wildman–Crippen MR) is 142 cm³/mol. The van der Waals surface area contributed by atoms with Gasteiger partial charge in [-0.2, -0.15) is 20.4 Å². The molecule has 0 N–H and O–H groups in total. The van der Waals surface area contributed by atoms with Crippen LogP contribution in [0.15, 0.2) is 98.1 Å². The van der Waals surface area contributed by atoms with Crippen LogP contribution in [0.5, 0.6) is 0 Å². The normalized spacial score (nSPS) is 10.3. The molecule has 13 heteroatoms. The Morgan fingerprint density at radius 2 is 0.714 bits per heavy atom. The Labute approximate surface area is 238 Å². The van der Waals surface area contributed by atoms with Crippen LogP contribution in [0.3, 0.4) is 0 Å². The van der Waals surface area contributed by atoms with Crippen molar-refractivity contribution >= 4 is 45.2 Å². The first-order valence-electron chi connectivity index (χ1n) is 10.0. The fourth-order valence-electron chi connectivity index (χ4n) is 3.03. The summed E-state index contributed by atoms with van der Waals surface area (Å²) in [4.78, 5) is 9.03. The van der Waals surface area contributed by atoms with Crippen LogP contribution in [-0.4, -0.2) is 49.1 Å². The van der Waals surface area contributed by atoms with Crippen LogP contribution in [0.25, 0.3) is 23.3 Å². The molecule has 0 saturated carbocycles. The van der Waals surface area contributed by atoms with E-state index in [2.05, 4.69) is 75.5 Å². The molecule has 0 radical (unpaired) electrons. The third kappa shape index (κ3) is 6.22. The van der Waals surface area contributed by atoms with Crippen molar-refractivity contribution in [1.82, 2.24) is 49.1 Å². The second-order valence-electron chi connectivity index (χ2n) is 6.81. The molecule has 6 rings (SSSR count). The van der Waals surface area contributed by atoms with Crippen LogP contribution in [0, 0.1) is 7.14 Å². The summed E-state index contributed by atoms with van der Waals surface area (Å²) < 4.78 is 9.11. The first-order chi connectivity index (χ1) is 16.7. The van der Waals surface area contributed by atoms with E-state index in [1.165, 1.54) is 0 Å². The van der Waals surface area contributed by atoms with Crippen LogP contribution in [0.4, 0.5) is 0 Å². The van der Waals surface area contributed by atoms with E-state index in [1.807, 2.05) is 73.3 Å². The molecule has 0 bridgehead atoms. The summed E-state index contributed by atoms with van der Waals surface area (Å²) in [5.41, 5.74) is 0. The molecule has 176 valence electrons. The molecule has 6 heterocycles. The van der Waals surface area contributed by atoms with Crippen LogP contribution in [0.2, 0.25) is 0 Å². The van der Waals surface area contributed by atoms with Crippen LogP contribution < -0.4 is 0 Å². The first-order valence-corrected chi connectivity index (χ1v) is 12.2. The molecule has 35 heavy (non-hydrogen) atoms. The van der Waals surface area contributed by atoms with Gasteiger partial charge in [0.25, 0.3) is 0 Å². The summed E-state index contributed by atoms with van der Waals surface area (Å²) in [7, 11) is 0. The van der Waals surface area contributed by atoms with Gasteiger partial charge in [0, 0.05) is 73.8 Å². The maximum Gasteiger partial charge on any atom is 0.156 e. The molecule has 0 atom stereocenters. The van der Waals surface area contributed by atoms with Gasteiger partial charge in [0.15, 0.2) is 23.3 Å². The zero-order valence-electron chi connectivity index (χ0n) is 17.8. The molecule has 0 amide bonds. The van der Waals surface area contributed by atoms with E-state index in [-0.39, 0.29) is 17.1 Å². The second-order valence-corrected chi connectivity index (χ2v) is 9.30. The van der Waals surface area contributed by atoms with Crippen molar-refractivity contribution < 1.29 is 17.1 Å². The van der Waals surface area contributed by atoms with Crippen molar-refractivity contribution in [1.29, 1.82) is 0 Å². The Balaban J connectivity index is 0.000000160. The third-order valence-electron chi connectivity index (χ3n) is 4.48. The molecule has 0 spiro atoms. The number of rotatable bonds is 4. The Morgan fingerprint density at radius 1 is 0.457 bits per heavy atom. The van der Waals surface area contributed by atoms with Gasteiger partial charge in [-0.3, -0.25) is 0 Å². The number of hydrogen-bond donors (Lipinski definition) is 0. The van der Waals surface area contributed by atoms with Crippen molar-refractivity contribution in [2.75, 3.05) is 0 Å². The average molecular weight is 730 g/mol. The molecule has 0 unspecified atom stereocenters. The van der Waals surface area contributed by atoms with Crippen molar-refractivity contribution in [2.24, 2.45) is 0 Å². The van der Waals surface area contributed by atoms with Crippen LogP contribution >= 0.6 is 45.2 Å². The first kappa shape index (κ1) is 25.2. The standard InChI is InChI=1S/2C11H8IN5.Fe/c2*12-9-7-10(16-5-1-3-13-16)15-11(8-9)17-6-2-4-14-17;/h2*1-8H;. The van der Waals surface area contributed by atoms with Crippen molar-refractivity contribution in [2.45, 2.75) is 0 Å². The maximum atomic E-state index is 4.51. The van der Waals surface area contributed by atoms with E-state index < -0.39 is 0 Å². The Bertz CT molecular complexity index is 1250. The molecular formula is C22H16FeI2N10. The minimum Gasteiger partial charge on any atom is -0.223 e. The molecule has 6 aromatic rings.